The monoisotopic (exact) mass is 381 g/mol. The minimum Gasteiger partial charge on any atom is -0.258 e. The molecule has 0 fully saturated rings. The molecule has 0 bridgehead atoms. The second kappa shape index (κ2) is 8.03. The number of nitro groups is 2. The van der Waals surface area contributed by atoms with E-state index in [9.17, 15) is 33.4 Å². The molecular formula is C15H10F3N5O4. The Morgan fingerprint density at radius 1 is 0.889 bits per heavy atom. The quantitative estimate of drug-likeness (QED) is 0.506. The highest BCUT2D eigenvalue weighted by Gasteiger charge is 2.13. The Morgan fingerprint density at radius 2 is 1.44 bits per heavy atom. The molecule has 1 aromatic heterocycles. The highest BCUT2D eigenvalue weighted by molar-refractivity contribution is 5.42. The van der Waals surface area contributed by atoms with E-state index in [1.54, 1.807) is 6.92 Å². The molecular weight excluding hydrogens is 371 g/mol. The van der Waals surface area contributed by atoms with Gasteiger partial charge in [0.2, 0.25) is 0 Å². The first-order chi connectivity index (χ1) is 12.7. The van der Waals surface area contributed by atoms with Crippen molar-refractivity contribution in [1.29, 1.82) is 0 Å². The zero-order valence-corrected chi connectivity index (χ0v) is 13.5. The Balaban J connectivity index is 0.000000208. The van der Waals surface area contributed by atoms with E-state index >= 15 is 0 Å². The number of nitrogens with zero attached hydrogens (tertiary/aromatic N) is 5. The van der Waals surface area contributed by atoms with Gasteiger partial charge in [0.05, 0.1) is 22.0 Å². The zero-order valence-electron chi connectivity index (χ0n) is 13.5. The molecule has 27 heavy (non-hydrogen) atoms. The van der Waals surface area contributed by atoms with Crippen LogP contribution in [0.25, 0.3) is 5.69 Å². The summed E-state index contributed by atoms with van der Waals surface area (Å²) < 4.78 is 39.3. The number of non-ortho nitro benzene ring substituents is 2. The van der Waals surface area contributed by atoms with Crippen LogP contribution in [0.5, 0.6) is 0 Å². The molecule has 0 spiro atoms. The third kappa shape index (κ3) is 4.62. The molecule has 0 unspecified atom stereocenters. The van der Waals surface area contributed by atoms with Gasteiger partial charge in [0.25, 0.3) is 11.4 Å². The van der Waals surface area contributed by atoms with Crippen molar-refractivity contribution < 1.29 is 23.0 Å². The third-order valence-corrected chi connectivity index (χ3v) is 3.20. The topological polar surface area (TPSA) is 117 Å². The number of aryl methyl sites for hydroxylation is 1. The number of hydrogen-bond donors (Lipinski definition) is 0. The van der Waals surface area contributed by atoms with Crippen molar-refractivity contribution >= 4 is 11.4 Å². The molecule has 12 heteroatoms. The molecule has 0 amide bonds. The summed E-state index contributed by atoms with van der Waals surface area (Å²) in [5, 5.41) is 24.2. The summed E-state index contributed by atoms with van der Waals surface area (Å²) in [4.78, 5) is 22.8. The molecule has 0 aliphatic heterocycles. The van der Waals surface area contributed by atoms with Gasteiger partial charge in [-0.1, -0.05) is 0 Å². The third-order valence-electron chi connectivity index (χ3n) is 3.20. The second-order valence-corrected chi connectivity index (χ2v) is 4.97. The molecule has 0 saturated heterocycles. The lowest BCUT2D eigenvalue weighted by molar-refractivity contribution is -0.385. The van der Waals surface area contributed by atoms with Gasteiger partial charge in [-0.2, -0.15) is 5.10 Å². The zero-order chi connectivity index (χ0) is 20.1. The average Bonchev–Trinajstić information content (AvgIpc) is 3.03. The van der Waals surface area contributed by atoms with Gasteiger partial charge in [-0.15, -0.1) is 0 Å². The number of nitro benzene ring substituents is 2. The summed E-state index contributed by atoms with van der Waals surface area (Å²) in [6.07, 6.45) is 1.29. The van der Waals surface area contributed by atoms with Crippen LogP contribution in [-0.2, 0) is 0 Å². The summed E-state index contributed by atoms with van der Waals surface area (Å²) in [5.41, 5.74) is -0.608. The van der Waals surface area contributed by atoms with Crippen LogP contribution < -0.4 is 0 Å². The average molecular weight is 381 g/mol. The molecule has 0 radical (unpaired) electrons. The smallest absolute Gasteiger partial charge is 0.258 e. The van der Waals surface area contributed by atoms with E-state index < -0.39 is 33.0 Å². The van der Waals surface area contributed by atoms with E-state index in [0.717, 1.165) is 12.1 Å². The van der Waals surface area contributed by atoms with E-state index in [1.807, 2.05) is 0 Å². The van der Waals surface area contributed by atoms with Crippen LogP contribution in [-0.4, -0.2) is 24.6 Å². The van der Waals surface area contributed by atoms with Crippen LogP contribution in [0.2, 0.25) is 0 Å². The van der Waals surface area contributed by atoms with Crippen molar-refractivity contribution in [1.82, 2.24) is 14.8 Å². The van der Waals surface area contributed by atoms with Crippen molar-refractivity contribution in [3.05, 3.63) is 86.2 Å². The van der Waals surface area contributed by atoms with Gasteiger partial charge in [-0.25, -0.2) is 22.8 Å². The van der Waals surface area contributed by atoms with Crippen molar-refractivity contribution in [2.75, 3.05) is 0 Å². The minimum absolute atomic E-state index is 0.139. The summed E-state index contributed by atoms with van der Waals surface area (Å²) in [6.45, 7) is 1.66. The maximum Gasteiger partial charge on any atom is 0.272 e. The molecule has 0 aliphatic carbocycles. The largest absolute Gasteiger partial charge is 0.272 e. The van der Waals surface area contributed by atoms with Crippen molar-refractivity contribution in [2.45, 2.75) is 6.92 Å². The fraction of sp³-hybridized carbons (Fsp3) is 0.0667. The van der Waals surface area contributed by atoms with Crippen LogP contribution >= 0.6 is 0 Å². The molecule has 3 aromatic rings. The van der Waals surface area contributed by atoms with Crippen LogP contribution in [0.3, 0.4) is 0 Å². The summed E-state index contributed by atoms with van der Waals surface area (Å²) >= 11 is 0. The van der Waals surface area contributed by atoms with Crippen molar-refractivity contribution in [2.24, 2.45) is 0 Å². The fourth-order valence-corrected chi connectivity index (χ4v) is 1.92. The number of rotatable bonds is 3. The van der Waals surface area contributed by atoms with E-state index in [4.69, 9.17) is 0 Å². The Labute approximate surface area is 149 Å². The highest BCUT2D eigenvalue weighted by Crippen LogP contribution is 2.19. The first kappa shape index (κ1) is 19.5. The first-order valence-electron chi connectivity index (χ1n) is 7.11. The SMILES string of the molecule is Cc1ncnn1-c1ccc([N+](=O)[O-])cc1F.O=[N+]([O-])c1ccc(F)c(F)c1. The predicted octanol–water partition coefficient (Wildman–Crippen LogP) is 3.50. The molecule has 0 aliphatic rings. The van der Waals surface area contributed by atoms with E-state index in [1.165, 1.54) is 23.1 Å². The molecule has 1 heterocycles. The van der Waals surface area contributed by atoms with E-state index in [2.05, 4.69) is 10.1 Å². The fourth-order valence-electron chi connectivity index (χ4n) is 1.92. The van der Waals surface area contributed by atoms with Crippen molar-refractivity contribution in [3.8, 4) is 5.69 Å². The highest BCUT2D eigenvalue weighted by atomic mass is 19.2. The lowest BCUT2D eigenvalue weighted by atomic mass is 10.2. The predicted molar refractivity (Wildman–Crippen MR) is 85.7 cm³/mol. The lowest BCUT2D eigenvalue weighted by Gasteiger charge is -2.03. The van der Waals surface area contributed by atoms with Gasteiger partial charge >= 0.3 is 0 Å². The molecule has 0 atom stereocenters. The Morgan fingerprint density at radius 3 is 1.89 bits per heavy atom. The second-order valence-electron chi connectivity index (χ2n) is 4.97. The minimum atomic E-state index is -1.21. The molecule has 140 valence electrons. The number of benzene rings is 2. The summed E-state index contributed by atoms with van der Waals surface area (Å²) in [5.74, 6) is -2.50. The Kier molecular flexibility index (Phi) is 5.80. The molecule has 2 aromatic carbocycles. The summed E-state index contributed by atoms with van der Waals surface area (Å²) in [7, 11) is 0. The number of hydrogen-bond acceptors (Lipinski definition) is 6. The van der Waals surface area contributed by atoms with Gasteiger partial charge in [0, 0.05) is 12.1 Å². The first-order valence-corrected chi connectivity index (χ1v) is 7.11. The van der Waals surface area contributed by atoms with Gasteiger partial charge in [-0.05, 0) is 19.1 Å². The summed E-state index contributed by atoms with van der Waals surface area (Å²) in [6, 6.07) is 5.53. The van der Waals surface area contributed by atoms with Crippen LogP contribution in [0.1, 0.15) is 5.82 Å². The normalized spacial score (nSPS) is 10.1. The van der Waals surface area contributed by atoms with Crippen LogP contribution in [0.4, 0.5) is 24.5 Å². The van der Waals surface area contributed by atoms with Crippen LogP contribution in [0, 0.1) is 44.6 Å². The maximum atomic E-state index is 13.6. The van der Waals surface area contributed by atoms with Crippen molar-refractivity contribution in [3.63, 3.8) is 0 Å². The van der Waals surface area contributed by atoms with Gasteiger partial charge in [-0.3, -0.25) is 20.2 Å². The molecule has 9 nitrogen and oxygen atoms in total. The molecule has 0 N–H and O–H groups in total. The van der Waals surface area contributed by atoms with Gasteiger partial charge in [0.15, 0.2) is 17.5 Å². The van der Waals surface area contributed by atoms with Gasteiger partial charge < -0.3 is 0 Å². The van der Waals surface area contributed by atoms with Crippen LogP contribution in [0.15, 0.2) is 42.7 Å². The van der Waals surface area contributed by atoms with Gasteiger partial charge in [0.1, 0.15) is 17.8 Å². The molecule has 3 rings (SSSR count). The number of halogens is 3. The van der Waals surface area contributed by atoms with E-state index in [-0.39, 0.29) is 11.4 Å². The lowest BCUT2D eigenvalue weighted by Crippen LogP contribution is -2.02. The standard InChI is InChI=1S/C9H7FN4O2.C6H3F2NO2/c1-6-11-5-12-13(6)9-3-2-7(14(15)16)4-8(9)10;7-5-2-1-4(9(10)11)3-6(5)8/h2-5H,1H3;1-3H. The maximum absolute atomic E-state index is 13.6. The van der Waals surface area contributed by atoms with E-state index in [0.29, 0.717) is 18.0 Å². The Bertz CT molecular complexity index is 1010. The Hall–Kier alpha value is -3.83. The number of aromatic nitrogens is 3. The molecule has 0 saturated carbocycles.